The van der Waals surface area contributed by atoms with E-state index in [1.807, 2.05) is 42.6 Å². The summed E-state index contributed by atoms with van der Waals surface area (Å²) in [7, 11) is 0. The van der Waals surface area contributed by atoms with Gasteiger partial charge in [-0.2, -0.15) is 0 Å². The molecule has 0 atom stereocenters. The highest BCUT2D eigenvalue weighted by molar-refractivity contribution is 5.88. The van der Waals surface area contributed by atoms with Gasteiger partial charge in [-0.1, -0.05) is 87.1 Å². The Hall–Kier alpha value is -2.87. The van der Waals surface area contributed by atoms with Crippen LogP contribution >= 0.6 is 0 Å². The van der Waals surface area contributed by atoms with E-state index < -0.39 is 0 Å². The molecule has 0 spiro atoms. The second-order valence-corrected chi connectivity index (χ2v) is 8.36. The maximum atomic E-state index is 11.2. The van der Waals surface area contributed by atoms with Gasteiger partial charge < -0.3 is 5.11 Å². The molecule has 0 unspecified atom stereocenters. The standard InChI is InChI=1S/C28H31NO/c30-28-25(21-29-26-17-11-6-12-18-26)19-24(22-13-9-5-10-14-22)20-27(28)23-15-7-3-1-2-4-8-16-23/h5-6,9-14,17-21,23,30H,1-4,7-8,15-16H2. The first kappa shape index (κ1) is 20.4. The van der Waals surface area contributed by atoms with Crippen LogP contribution in [0.1, 0.15) is 68.4 Å². The molecule has 30 heavy (non-hydrogen) atoms. The molecule has 3 aromatic carbocycles. The highest BCUT2D eigenvalue weighted by Gasteiger charge is 2.19. The van der Waals surface area contributed by atoms with E-state index in [9.17, 15) is 5.11 Å². The van der Waals surface area contributed by atoms with Crippen LogP contribution in [0.4, 0.5) is 5.69 Å². The molecule has 0 radical (unpaired) electrons. The van der Waals surface area contributed by atoms with Crippen molar-refractivity contribution in [2.75, 3.05) is 0 Å². The van der Waals surface area contributed by atoms with Crippen molar-refractivity contribution in [3.05, 3.63) is 83.9 Å². The SMILES string of the molecule is Oc1c(C=Nc2ccccc2)cc(-c2ccccc2)cc1C1CCCCCCCC1. The molecular formula is C28H31NO. The fourth-order valence-corrected chi connectivity index (χ4v) is 4.49. The van der Waals surface area contributed by atoms with Crippen LogP contribution in [-0.4, -0.2) is 11.3 Å². The lowest BCUT2D eigenvalue weighted by Gasteiger charge is -2.20. The van der Waals surface area contributed by atoms with E-state index in [2.05, 4.69) is 41.4 Å². The number of hydrogen-bond acceptors (Lipinski definition) is 2. The van der Waals surface area contributed by atoms with E-state index in [1.165, 1.54) is 44.1 Å². The quantitative estimate of drug-likeness (QED) is 0.444. The molecule has 0 heterocycles. The van der Waals surface area contributed by atoms with Gasteiger partial charge in [0, 0.05) is 11.8 Å². The molecule has 0 aromatic heterocycles. The first-order chi connectivity index (χ1) is 14.8. The van der Waals surface area contributed by atoms with Gasteiger partial charge in [-0.25, -0.2) is 0 Å². The maximum absolute atomic E-state index is 11.2. The number of phenolic OH excluding ortho intramolecular Hbond substituents is 1. The zero-order chi connectivity index (χ0) is 20.6. The predicted molar refractivity (Wildman–Crippen MR) is 127 cm³/mol. The average Bonchev–Trinajstić information content (AvgIpc) is 2.94. The minimum atomic E-state index is 0.401. The monoisotopic (exact) mass is 397 g/mol. The van der Waals surface area contributed by atoms with Crippen LogP contribution in [0.3, 0.4) is 0 Å². The number of aromatic hydroxyl groups is 1. The lowest BCUT2D eigenvalue weighted by molar-refractivity contribution is 0.447. The summed E-state index contributed by atoms with van der Waals surface area (Å²) in [5.74, 6) is 0.814. The van der Waals surface area contributed by atoms with Crippen LogP contribution < -0.4 is 0 Å². The molecule has 1 fully saturated rings. The average molecular weight is 398 g/mol. The number of phenols is 1. The largest absolute Gasteiger partial charge is 0.507 e. The van der Waals surface area contributed by atoms with Crippen LogP contribution in [0.2, 0.25) is 0 Å². The fourth-order valence-electron chi connectivity index (χ4n) is 4.49. The molecular weight excluding hydrogens is 366 g/mol. The Morgan fingerprint density at radius 3 is 1.97 bits per heavy atom. The molecule has 1 N–H and O–H groups in total. The van der Waals surface area contributed by atoms with Crippen molar-refractivity contribution in [3.63, 3.8) is 0 Å². The third kappa shape index (κ3) is 5.18. The van der Waals surface area contributed by atoms with Gasteiger partial charge in [-0.05, 0) is 59.7 Å². The minimum Gasteiger partial charge on any atom is -0.507 e. The number of hydrogen-bond donors (Lipinski definition) is 1. The Balaban J connectivity index is 1.74. The topological polar surface area (TPSA) is 32.6 Å². The van der Waals surface area contributed by atoms with E-state index in [0.717, 1.165) is 35.2 Å². The molecule has 1 saturated carbocycles. The highest BCUT2D eigenvalue weighted by Crippen LogP contribution is 2.39. The van der Waals surface area contributed by atoms with Gasteiger partial charge in [0.05, 0.1) is 5.69 Å². The lowest BCUT2D eigenvalue weighted by atomic mass is 9.86. The van der Waals surface area contributed by atoms with Crippen molar-refractivity contribution in [2.24, 2.45) is 4.99 Å². The van der Waals surface area contributed by atoms with Gasteiger partial charge in [0.25, 0.3) is 0 Å². The zero-order valence-corrected chi connectivity index (χ0v) is 17.6. The third-order valence-electron chi connectivity index (χ3n) is 6.18. The Morgan fingerprint density at radius 2 is 1.30 bits per heavy atom. The Bertz CT molecular complexity index is 953. The normalized spacial score (nSPS) is 16.1. The van der Waals surface area contributed by atoms with Crippen molar-refractivity contribution in [1.29, 1.82) is 0 Å². The molecule has 3 aromatic rings. The molecule has 154 valence electrons. The molecule has 2 heteroatoms. The second-order valence-electron chi connectivity index (χ2n) is 8.36. The summed E-state index contributed by atoms with van der Waals surface area (Å²) in [5, 5.41) is 11.2. The first-order valence-electron chi connectivity index (χ1n) is 11.3. The number of benzene rings is 3. The van der Waals surface area contributed by atoms with E-state index >= 15 is 0 Å². The van der Waals surface area contributed by atoms with Gasteiger partial charge >= 0.3 is 0 Å². The number of aliphatic imine (C=N–C) groups is 1. The molecule has 0 bridgehead atoms. The summed E-state index contributed by atoms with van der Waals surface area (Å²) in [6.07, 6.45) is 11.9. The van der Waals surface area contributed by atoms with E-state index in [1.54, 1.807) is 0 Å². The first-order valence-corrected chi connectivity index (χ1v) is 11.3. The number of nitrogens with zero attached hydrogens (tertiary/aromatic N) is 1. The van der Waals surface area contributed by atoms with Crippen molar-refractivity contribution >= 4 is 11.9 Å². The summed E-state index contributed by atoms with van der Waals surface area (Å²) in [6, 6.07) is 24.6. The minimum absolute atomic E-state index is 0.401. The van der Waals surface area contributed by atoms with Crippen LogP contribution in [0, 0.1) is 0 Å². The Morgan fingerprint density at radius 1 is 0.700 bits per heavy atom. The van der Waals surface area contributed by atoms with Crippen LogP contribution in [0.5, 0.6) is 5.75 Å². The van der Waals surface area contributed by atoms with E-state index in [0.29, 0.717) is 11.7 Å². The molecule has 4 rings (SSSR count). The van der Waals surface area contributed by atoms with Gasteiger partial charge in [-0.3, -0.25) is 4.99 Å². The second kappa shape index (κ2) is 10.2. The maximum Gasteiger partial charge on any atom is 0.127 e. The smallest absolute Gasteiger partial charge is 0.127 e. The Kier molecular flexibility index (Phi) is 6.97. The van der Waals surface area contributed by atoms with Crippen molar-refractivity contribution in [3.8, 4) is 16.9 Å². The zero-order valence-electron chi connectivity index (χ0n) is 17.6. The van der Waals surface area contributed by atoms with Gasteiger partial charge in [0.15, 0.2) is 0 Å². The molecule has 1 aliphatic carbocycles. The molecule has 0 saturated heterocycles. The summed E-state index contributed by atoms with van der Waals surface area (Å²) in [5.41, 5.74) is 5.11. The van der Waals surface area contributed by atoms with Crippen LogP contribution in [0.25, 0.3) is 11.1 Å². The number of para-hydroxylation sites is 1. The lowest BCUT2D eigenvalue weighted by Crippen LogP contribution is -2.02. The molecule has 2 nitrogen and oxygen atoms in total. The predicted octanol–water partition coefficient (Wildman–Crippen LogP) is 8.03. The molecule has 0 amide bonds. The van der Waals surface area contributed by atoms with Gasteiger partial charge in [0.1, 0.15) is 5.75 Å². The van der Waals surface area contributed by atoms with Crippen LogP contribution in [0.15, 0.2) is 77.8 Å². The summed E-state index contributed by atoms with van der Waals surface area (Å²) in [6.45, 7) is 0. The van der Waals surface area contributed by atoms with E-state index in [4.69, 9.17) is 0 Å². The van der Waals surface area contributed by atoms with Crippen molar-refractivity contribution < 1.29 is 5.11 Å². The summed E-state index contributed by atoms with van der Waals surface area (Å²) in [4.78, 5) is 4.62. The van der Waals surface area contributed by atoms with E-state index in [-0.39, 0.29) is 0 Å². The van der Waals surface area contributed by atoms with Crippen LogP contribution in [-0.2, 0) is 0 Å². The summed E-state index contributed by atoms with van der Waals surface area (Å²) < 4.78 is 0. The fraction of sp³-hybridized carbons (Fsp3) is 0.321. The van der Waals surface area contributed by atoms with Crippen molar-refractivity contribution in [2.45, 2.75) is 57.3 Å². The molecule has 1 aliphatic rings. The van der Waals surface area contributed by atoms with Crippen molar-refractivity contribution in [1.82, 2.24) is 0 Å². The number of rotatable bonds is 4. The van der Waals surface area contributed by atoms with Gasteiger partial charge in [0.2, 0.25) is 0 Å². The molecule has 0 aliphatic heterocycles. The third-order valence-corrected chi connectivity index (χ3v) is 6.18. The highest BCUT2D eigenvalue weighted by atomic mass is 16.3. The van der Waals surface area contributed by atoms with Gasteiger partial charge in [-0.15, -0.1) is 0 Å². The summed E-state index contributed by atoms with van der Waals surface area (Å²) >= 11 is 0. The Labute approximate surface area is 180 Å².